The lowest BCUT2D eigenvalue weighted by molar-refractivity contribution is -0.124. The first-order chi connectivity index (χ1) is 22.2. The van der Waals surface area contributed by atoms with Crippen LogP contribution in [-0.2, 0) is 4.79 Å². The second-order valence-electron chi connectivity index (χ2n) is 14.4. The third-order valence-corrected chi connectivity index (χ3v) is 10.2. The highest BCUT2D eigenvalue weighted by atomic mass is 16.3. The smallest absolute Gasteiger partial charge is 0.157 e. The standard InChI is InChI=1S/C41H80N2O2/c1-3-5-7-9-11-13-15-17-19-21-23-25-27-29-31-33-35-41-42-36-37-43(41)39(38-44)40(45)34-32-30-28-26-24-22-20-18-16-14-12-10-8-6-4-2/h39,44H,3-38H2,1-2H3. The molecule has 4 heteroatoms. The highest BCUT2D eigenvalue weighted by Gasteiger charge is 2.29. The van der Waals surface area contributed by atoms with Gasteiger partial charge in [0.25, 0.3) is 0 Å². The van der Waals surface area contributed by atoms with Gasteiger partial charge in [-0.3, -0.25) is 9.79 Å². The number of Topliss-reactive ketones (excluding diaryl/α,β-unsaturated/α-hetero) is 1. The number of hydrogen-bond donors (Lipinski definition) is 1. The number of rotatable bonds is 36. The molecule has 0 aliphatic carbocycles. The molecule has 1 unspecified atom stereocenters. The SMILES string of the molecule is CCCCCCCCCCCCCCCCCCC1=NCCN1C(CO)C(=O)CCCCCCCCCCCCCCCCC. The van der Waals surface area contributed by atoms with Crippen LogP contribution in [0.25, 0.3) is 0 Å². The fourth-order valence-corrected chi connectivity index (χ4v) is 7.11. The molecule has 0 aromatic carbocycles. The number of aliphatic hydroxyl groups excluding tert-OH is 1. The molecule has 0 saturated carbocycles. The van der Waals surface area contributed by atoms with Crippen molar-refractivity contribution in [2.24, 2.45) is 4.99 Å². The van der Waals surface area contributed by atoms with Crippen LogP contribution in [-0.4, -0.2) is 47.4 Å². The third-order valence-electron chi connectivity index (χ3n) is 10.2. The molecular weight excluding hydrogens is 552 g/mol. The highest BCUT2D eigenvalue weighted by Crippen LogP contribution is 2.19. The number of carbonyl (C=O) groups is 1. The number of carbonyl (C=O) groups excluding carboxylic acids is 1. The van der Waals surface area contributed by atoms with Gasteiger partial charge in [-0.05, 0) is 12.8 Å². The second-order valence-corrected chi connectivity index (χ2v) is 14.4. The van der Waals surface area contributed by atoms with E-state index in [0.717, 1.165) is 44.6 Å². The van der Waals surface area contributed by atoms with Crippen molar-refractivity contribution in [2.45, 2.75) is 232 Å². The molecule has 4 nitrogen and oxygen atoms in total. The minimum atomic E-state index is -0.376. The molecule has 1 atom stereocenters. The number of aliphatic hydroxyl groups is 1. The monoisotopic (exact) mass is 633 g/mol. The van der Waals surface area contributed by atoms with Crippen molar-refractivity contribution in [2.75, 3.05) is 19.7 Å². The number of unbranched alkanes of at least 4 members (excludes halogenated alkanes) is 29. The predicted molar refractivity (Wildman–Crippen MR) is 199 cm³/mol. The molecule has 1 rings (SSSR count). The van der Waals surface area contributed by atoms with E-state index in [1.54, 1.807) is 0 Å². The van der Waals surface area contributed by atoms with Crippen LogP contribution in [0.3, 0.4) is 0 Å². The van der Waals surface area contributed by atoms with Crippen LogP contribution in [0.2, 0.25) is 0 Å². The van der Waals surface area contributed by atoms with Crippen molar-refractivity contribution < 1.29 is 9.90 Å². The Morgan fingerprint density at radius 3 is 1.24 bits per heavy atom. The lowest BCUT2D eigenvalue weighted by Gasteiger charge is -2.28. The molecule has 1 aliphatic rings. The van der Waals surface area contributed by atoms with Crippen molar-refractivity contribution in [1.82, 2.24) is 4.90 Å². The lowest BCUT2D eigenvalue weighted by atomic mass is 10.0. The van der Waals surface area contributed by atoms with E-state index >= 15 is 0 Å². The molecule has 0 saturated heterocycles. The maximum atomic E-state index is 13.0. The normalized spacial score (nSPS) is 13.9. The summed E-state index contributed by atoms with van der Waals surface area (Å²) in [6.07, 6.45) is 43.7. The molecular formula is C41H80N2O2. The zero-order chi connectivity index (χ0) is 32.5. The average Bonchev–Trinajstić information content (AvgIpc) is 3.51. The van der Waals surface area contributed by atoms with Gasteiger partial charge in [0.2, 0.25) is 0 Å². The number of amidine groups is 1. The van der Waals surface area contributed by atoms with Crippen LogP contribution in [0.5, 0.6) is 0 Å². The second kappa shape index (κ2) is 33.0. The summed E-state index contributed by atoms with van der Waals surface area (Å²) in [5.74, 6) is 1.29. The van der Waals surface area contributed by atoms with E-state index in [9.17, 15) is 9.90 Å². The molecule has 1 heterocycles. The Morgan fingerprint density at radius 2 is 0.889 bits per heavy atom. The summed E-state index contributed by atoms with van der Waals surface area (Å²) in [5, 5.41) is 10.1. The molecule has 45 heavy (non-hydrogen) atoms. The molecule has 266 valence electrons. The third kappa shape index (κ3) is 24.9. The van der Waals surface area contributed by atoms with Gasteiger partial charge in [0, 0.05) is 19.4 Å². The zero-order valence-corrected chi connectivity index (χ0v) is 30.8. The van der Waals surface area contributed by atoms with Gasteiger partial charge in [0.1, 0.15) is 6.04 Å². The number of aliphatic imine (C=N–C) groups is 1. The molecule has 0 aromatic heterocycles. The van der Waals surface area contributed by atoms with E-state index in [4.69, 9.17) is 4.99 Å². The molecule has 0 radical (unpaired) electrons. The van der Waals surface area contributed by atoms with Gasteiger partial charge in [0.05, 0.1) is 19.0 Å². The molecule has 1 N–H and O–H groups in total. The van der Waals surface area contributed by atoms with E-state index in [0.29, 0.717) is 6.42 Å². The molecule has 1 aliphatic heterocycles. The minimum Gasteiger partial charge on any atom is -0.394 e. The van der Waals surface area contributed by atoms with Crippen molar-refractivity contribution in [3.8, 4) is 0 Å². The van der Waals surface area contributed by atoms with Gasteiger partial charge in [-0.1, -0.05) is 200 Å². The van der Waals surface area contributed by atoms with Crippen molar-refractivity contribution >= 4 is 11.6 Å². The molecule has 0 amide bonds. The molecule has 0 aromatic rings. The first-order valence-corrected chi connectivity index (χ1v) is 20.7. The van der Waals surface area contributed by atoms with Gasteiger partial charge < -0.3 is 10.0 Å². The summed E-state index contributed by atoms with van der Waals surface area (Å²) >= 11 is 0. The van der Waals surface area contributed by atoms with Crippen molar-refractivity contribution in [1.29, 1.82) is 0 Å². The molecule has 0 bridgehead atoms. The Kier molecular flexibility index (Phi) is 30.9. The largest absolute Gasteiger partial charge is 0.394 e. The number of hydrogen-bond acceptors (Lipinski definition) is 4. The highest BCUT2D eigenvalue weighted by molar-refractivity contribution is 5.92. The quantitative estimate of drug-likeness (QED) is 0.0699. The van der Waals surface area contributed by atoms with Gasteiger partial charge in [-0.2, -0.15) is 0 Å². The number of nitrogens with zero attached hydrogens (tertiary/aromatic N) is 2. The summed E-state index contributed by atoms with van der Waals surface area (Å²) in [6, 6.07) is -0.376. The molecule has 0 spiro atoms. The zero-order valence-electron chi connectivity index (χ0n) is 30.8. The average molecular weight is 633 g/mol. The van der Waals surface area contributed by atoms with E-state index in [1.165, 1.54) is 180 Å². The van der Waals surface area contributed by atoms with Crippen LogP contribution < -0.4 is 0 Å². The van der Waals surface area contributed by atoms with Crippen LogP contribution in [0, 0.1) is 0 Å². The Morgan fingerprint density at radius 1 is 0.556 bits per heavy atom. The summed E-state index contributed by atoms with van der Waals surface area (Å²) < 4.78 is 0. The maximum Gasteiger partial charge on any atom is 0.157 e. The van der Waals surface area contributed by atoms with Gasteiger partial charge >= 0.3 is 0 Å². The van der Waals surface area contributed by atoms with Gasteiger partial charge in [0.15, 0.2) is 5.78 Å². The topological polar surface area (TPSA) is 52.9 Å². The molecule has 0 fully saturated rings. The Hall–Kier alpha value is -0.900. The van der Waals surface area contributed by atoms with Crippen molar-refractivity contribution in [3.63, 3.8) is 0 Å². The summed E-state index contributed by atoms with van der Waals surface area (Å²) in [5.41, 5.74) is 0. The summed E-state index contributed by atoms with van der Waals surface area (Å²) in [7, 11) is 0. The summed E-state index contributed by atoms with van der Waals surface area (Å²) in [4.78, 5) is 19.9. The van der Waals surface area contributed by atoms with Gasteiger partial charge in [-0.25, -0.2) is 0 Å². The van der Waals surface area contributed by atoms with Crippen LogP contribution in [0.1, 0.15) is 226 Å². The lowest BCUT2D eigenvalue weighted by Crippen LogP contribution is -2.45. The van der Waals surface area contributed by atoms with E-state index < -0.39 is 0 Å². The van der Waals surface area contributed by atoms with E-state index in [-0.39, 0.29) is 18.4 Å². The predicted octanol–water partition coefficient (Wildman–Crippen LogP) is 12.5. The Balaban J connectivity index is 1.98. The number of ketones is 1. The van der Waals surface area contributed by atoms with Crippen molar-refractivity contribution in [3.05, 3.63) is 0 Å². The fourth-order valence-electron chi connectivity index (χ4n) is 7.11. The fraction of sp³-hybridized carbons (Fsp3) is 0.951. The van der Waals surface area contributed by atoms with Crippen LogP contribution >= 0.6 is 0 Å². The van der Waals surface area contributed by atoms with Crippen LogP contribution in [0.4, 0.5) is 0 Å². The van der Waals surface area contributed by atoms with Crippen LogP contribution in [0.15, 0.2) is 4.99 Å². The van der Waals surface area contributed by atoms with Gasteiger partial charge in [-0.15, -0.1) is 0 Å². The first kappa shape index (κ1) is 42.1. The minimum absolute atomic E-state index is 0.0739. The first-order valence-electron chi connectivity index (χ1n) is 20.7. The van der Waals surface area contributed by atoms with E-state index in [1.807, 2.05) is 0 Å². The maximum absolute atomic E-state index is 13.0. The Labute approximate surface area is 282 Å². The summed E-state index contributed by atoms with van der Waals surface area (Å²) in [6.45, 7) is 6.07. The van der Waals surface area contributed by atoms with E-state index in [2.05, 4.69) is 18.7 Å². The Bertz CT molecular complexity index is 664.